The van der Waals surface area contributed by atoms with Crippen LogP contribution in [-0.2, 0) is 12.8 Å². The van der Waals surface area contributed by atoms with E-state index in [2.05, 4.69) is 18.8 Å². The van der Waals surface area contributed by atoms with E-state index in [0.29, 0.717) is 5.92 Å². The molecule has 0 spiro atoms. The van der Waals surface area contributed by atoms with E-state index in [1.807, 2.05) is 0 Å². The molecule has 0 aromatic carbocycles. The zero-order valence-electron chi connectivity index (χ0n) is 12.7. The van der Waals surface area contributed by atoms with Crippen LogP contribution in [0.15, 0.2) is 4.79 Å². The summed E-state index contributed by atoms with van der Waals surface area (Å²) in [4.78, 5) is 20.1. The molecule has 0 bridgehead atoms. The largest absolute Gasteiger partial charge is 0.310 e. The summed E-state index contributed by atoms with van der Waals surface area (Å²) >= 11 is 0. The molecule has 1 heterocycles. The number of H-pyrrole nitrogens is 1. The topological polar surface area (TPSA) is 45.8 Å². The molecule has 1 aromatic heterocycles. The van der Waals surface area contributed by atoms with E-state index in [4.69, 9.17) is 4.98 Å². The van der Waals surface area contributed by atoms with Gasteiger partial charge in [-0.2, -0.15) is 0 Å². The molecule has 110 valence electrons. The first-order chi connectivity index (χ1) is 9.65. The van der Waals surface area contributed by atoms with Gasteiger partial charge < -0.3 is 4.98 Å². The number of hydrogen-bond donors (Lipinski definition) is 1. The molecule has 0 saturated heterocycles. The second-order valence-electron chi connectivity index (χ2n) is 6.94. The van der Waals surface area contributed by atoms with Crippen LogP contribution in [0.25, 0.3) is 0 Å². The average molecular weight is 274 g/mol. The van der Waals surface area contributed by atoms with Crippen molar-refractivity contribution in [2.75, 3.05) is 0 Å². The highest BCUT2D eigenvalue weighted by Crippen LogP contribution is 2.37. The van der Waals surface area contributed by atoms with Gasteiger partial charge in [-0.3, -0.25) is 4.79 Å². The van der Waals surface area contributed by atoms with Crippen molar-refractivity contribution in [3.8, 4) is 0 Å². The highest BCUT2D eigenvalue weighted by Gasteiger charge is 2.26. The predicted octanol–water partition coefficient (Wildman–Crippen LogP) is 3.58. The van der Waals surface area contributed by atoms with Crippen LogP contribution in [-0.4, -0.2) is 9.97 Å². The molecule has 0 unspecified atom stereocenters. The summed E-state index contributed by atoms with van der Waals surface area (Å²) in [5.41, 5.74) is 2.17. The molecular formula is C17H26N2O. The molecule has 1 fully saturated rings. The SMILES string of the molecule is CC(C)C1CCC(c2nc3c(c(=O)[nH]2)CCCC3)CC1. The monoisotopic (exact) mass is 274 g/mol. The molecule has 0 atom stereocenters. The number of aromatic nitrogens is 2. The zero-order chi connectivity index (χ0) is 14.1. The molecule has 2 aliphatic carbocycles. The molecule has 20 heavy (non-hydrogen) atoms. The number of nitrogens with zero attached hydrogens (tertiary/aromatic N) is 1. The van der Waals surface area contributed by atoms with E-state index in [-0.39, 0.29) is 5.56 Å². The molecule has 1 aromatic rings. The van der Waals surface area contributed by atoms with Gasteiger partial charge in [-0.05, 0) is 63.2 Å². The number of rotatable bonds is 2. The summed E-state index contributed by atoms with van der Waals surface area (Å²) in [6.45, 7) is 4.65. The second-order valence-corrected chi connectivity index (χ2v) is 6.94. The molecule has 0 aliphatic heterocycles. The Morgan fingerprint density at radius 3 is 2.50 bits per heavy atom. The minimum Gasteiger partial charge on any atom is -0.310 e. The highest BCUT2D eigenvalue weighted by molar-refractivity contribution is 5.21. The van der Waals surface area contributed by atoms with Crippen molar-refractivity contribution < 1.29 is 0 Å². The summed E-state index contributed by atoms with van der Waals surface area (Å²) in [5.74, 6) is 3.09. The number of fused-ring (bicyclic) bond motifs is 1. The van der Waals surface area contributed by atoms with Gasteiger partial charge in [-0.25, -0.2) is 4.98 Å². The summed E-state index contributed by atoms with van der Waals surface area (Å²) in [5, 5.41) is 0. The number of nitrogens with one attached hydrogen (secondary N) is 1. The van der Waals surface area contributed by atoms with Crippen LogP contribution < -0.4 is 5.56 Å². The third-order valence-corrected chi connectivity index (χ3v) is 5.31. The first-order valence-corrected chi connectivity index (χ1v) is 8.27. The lowest BCUT2D eigenvalue weighted by atomic mass is 9.76. The van der Waals surface area contributed by atoms with E-state index in [1.54, 1.807) is 0 Å². The Morgan fingerprint density at radius 1 is 1.10 bits per heavy atom. The fraction of sp³-hybridized carbons (Fsp3) is 0.765. The van der Waals surface area contributed by atoms with E-state index < -0.39 is 0 Å². The van der Waals surface area contributed by atoms with Gasteiger partial charge in [0.05, 0.1) is 5.69 Å². The van der Waals surface area contributed by atoms with Gasteiger partial charge >= 0.3 is 0 Å². The standard InChI is InChI=1S/C17H26N2O/c1-11(2)12-7-9-13(10-8-12)16-18-15-6-4-3-5-14(15)17(20)19-16/h11-13H,3-10H2,1-2H3,(H,18,19,20). The van der Waals surface area contributed by atoms with E-state index >= 15 is 0 Å². The van der Waals surface area contributed by atoms with Gasteiger partial charge in [0.1, 0.15) is 5.82 Å². The third-order valence-electron chi connectivity index (χ3n) is 5.31. The lowest BCUT2D eigenvalue weighted by Crippen LogP contribution is -2.26. The lowest BCUT2D eigenvalue weighted by Gasteiger charge is -2.30. The fourth-order valence-electron chi connectivity index (χ4n) is 3.88. The fourth-order valence-corrected chi connectivity index (χ4v) is 3.88. The second kappa shape index (κ2) is 5.71. The van der Waals surface area contributed by atoms with Crippen LogP contribution in [0, 0.1) is 11.8 Å². The van der Waals surface area contributed by atoms with Crippen molar-refractivity contribution in [3.63, 3.8) is 0 Å². The smallest absolute Gasteiger partial charge is 0.254 e. The molecule has 3 rings (SSSR count). The van der Waals surface area contributed by atoms with Crippen LogP contribution in [0.5, 0.6) is 0 Å². The predicted molar refractivity (Wildman–Crippen MR) is 81.0 cm³/mol. The summed E-state index contributed by atoms with van der Waals surface area (Å²) in [7, 11) is 0. The van der Waals surface area contributed by atoms with Crippen LogP contribution in [0.3, 0.4) is 0 Å². The molecule has 0 amide bonds. The average Bonchev–Trinajstić information content (AvgIpc) is 2.47. The first kappa shape index (κ1) is 13.8. The first-order valence-electron chi connectivity index (χ1n) is 8.27. The molecule has 2 aliphatic rings. The molecule has 1 N–H and O–H groups in total. The Morgan fingerprint density at radius 2 is 1.80 bits per heavy atom. The molecule has 0 radical (unpaired) electrons. The van der Waals surface area contributed by atoms with Crippen LogP contribution in [0.4, 0.5) is 0 Å². The molecule has 3 heteroatoms. The quantitative estimate of drug-likeness (QED) is 0.896. The minimum atomic E-state index is 0.135. The maximum atomic E-state index is 12.2. The summed E-state index contributed by atoms with van der Waals surface area (Å²) in [6, 6.07) is 0. The number of aryl methyl sites for hydroxylation is 1. The van der Waals surface area contributed by atoms with Gasteiger partial charge in [0, 0.05) is 11.5 Å². The van der Waals surface area contributed by atoms with Gasteiger partial charge in [0.2, 0.25) is 0 Å². The van der Waals surface area contributed by atoms with Crippen LogP contribution in [0.1, 0.15) is 75.4 Å². The van der Waals surface area contributed by atoms with Gasteiger partial charge in [0.25, 0.3) is 5.56 Å². The zero-order valence-corrected chi connectivity index (χ0v) is 12.7. The normalized spacial score (nSPS) is 26.6. The molecule has 3 nitrogen and oxygen atoms in total. The van der Waals surface area contributed by atoms with Crippen LogP contribution >= 0.6 is 0 Å². The minimum absolute atomic E-state index is 0.135. The van der Waals surface area contributed by atoms with Crippen LogP contribution in [0.2, 0.25) is 0 Å². The van der Waals surface area contributed by atoms with E-state index in [0.717, 1.165) is 48.2 Å². The van der Waals surface area contributed by atoms with Crippen molar-refractivity contribution >= 4 is 0 Å². The third kappa shape index (κ3) is 2.68. The Balaban J connectivity index is 1.78. The van der Waals surface area contributed by atoms with Crippen molar-refractivity contribution in [3.05, 3.63) is 27.4 Å². The number of hydrogen-bond acceptors (Lipinski definition) is 2. The highest BCUT2D eigenvalue weighted by atomic mass is 16.1. The van der Waals surface area contributed by atoms with Gasteiger partial charge in [-0.15, -0.1) is 0 Å². The van der Waals surface area contributed by atoms with Crippen molar-refractivity contribution in [1.29, 1.82) is 0 Å². The maximum absolute atomic E-state index is 12.2. The Kier molecular flexibility index (Phi) is 3.95. The summed E-state index contributed by atoms with van der Waals surface area (Å²) < 4.78 is 0. The van der Waals surface area contributed by atoms with Gasteiger partial charge in [-0.1, -0.05) is 13.8 Å². The lowest BCUT2D eigenvalue weighted by molar-refractivity contribution is 0.254. The van der Waals surface area contributed by atoms with Crippen molar-refractivity contribution in [2.45, 2.75) is 71.1 Å². The van der Waals surface area contributed by atoms with E-state index in [1.165, 1.54) is 32.1 Å². The van der Waals surface area contributed by atoms with Gasteiger partial charge in [0.15, 0.2) is 0 Å². The Labute approximate surface area is 121 Å². The Bertz CT molecular complexity index is 524. The molecular weight excluding hydrogens is 248 g/mol. The molecule has 1 saturated carbocycles. The van der Waals surface area contributed by atoms with Crippen molar-refractivity contribution in [2.24, 2.45) is 11.8 Å². The number of aromatic amines is 1. The van der Waals surface area contributed by atoms with E-state index in [9.17, 15) is 4.79 Å². The summed E-state index contributed by atoms with van der Waals surface area (Å²) in [6.07, 6.45) is 9.16. The Hall–Kier alpha value is -1.12. The maximum Gasteiger partial charge on any atom is 0.254 e. The van der Waals surface area contributed by atoms with Crippen molar-refractivity contribution in [1.82, 2.24) is 9.97 Å².